The summed E-state index contributed by atoms with van der Waals surface area (Å²) in [5, 5.41) is 2.85. The van der Waals surface area contributed by atoms with E-state index >= 15 is 0 Å². The third-order valence-electron chi connectivity index (χ3n) is 6.32. The summed E-state index contributed by atoms with van der Waals surface area (Å²) in [5.41, 5.74) is 0.0203. The molecule has 0 spiro atoms. The fourth-order valence-corrected chi connectivity index (χ4v) is 4.83. The Morgan fingerprint density at radius 2 is 1.69 bits per heavy atom. The van der Waals surface area contributed by atoms with E-state index in [1.54, 1.807) is 49.9 Å². The van der Waals surface area contributed by atoms with Crippen LogP contribution in [0.1, 0.15) is 45.2 Å². The molecule has 0 saturated heterocycles. The topological polar surface area (TPSA) is 102 Å². The van der Waals surface area contributed by atoms with Crippen LogP contribution in [0.15, 0.2) is 66.4 Å². The number of Topliss-reactive ketones (excluding diaryl/α,β-unsaturated/α-hetero) is 1. The normalized spacial score (nSPS) is 20.6. The van der Waals surface area contributed by atoms with Crippen LogP contribution < -0.4 is 5.32 Å². The molecule has 0 saturated carbocycles. The number of esters is 1. The summed E-state index contributed by atoms with van der Waals surface area (Å²) < 4.78 is 10.9. The molecule has 2 aromatic rings. The Kier molecular flexibility index (Phi) is 6.71. The van der Waals surface area contributed by atoms with Crippen molar-refractivity contribution in [3.8, 4) is 0 Å². The fraction of sp³-hybridized carbons (Fsp3) is 0.357. The zero-order valence-corrected chi connectivity index (χ0v) is 20.9. The molecule has 0 fully saturated rings. The lowest BCUT2D eigenvalue weighted by Crippen LogP contribution is -2.50. The van der Waals surface area contributed by atoms with E-state index in [0.717, 1.165) is 5.56 Å². The van der Waals surface area contributed by atoms with Crippen LogP contribution in [0, 0.1) is 5.92 Å². The molecular weight excluding hydrogens is 460 g/mol. The maximum atomic E-state index is 13.8. The van der Waals surface area contributed by atoms with E-state index in [2.05, 4.69) is 5.32 Å². The second-order valence-corrected chi connectivity index (χ2v) is 10.1. The van der Waals surface area contributed by atoms with Crippen molar-refractivity contribution in [2.75, 3.05) is 11.9 Å². The van der Waals surface area contributed by atoms with Crippen molar-refractivity contribution in [1.29, 1.82) is 0 Å². The molecular formula is C28H30N2O6. The van der Waals surface area contributed by atoms with Gasteiger partial charge in [0.1, 0.15) is 5.60 Å². The first-order chi connectivity index (χ1) is 17.0. The minimum atomic E-state index is -1.32. The maximum Gasteiger partial charge on any atom is 0.410 e. The van der Waals surface area contributed by atoms with E-state index in [9.17, 15) is 19.2 Å². The van der Waals surface area contributed by atoms with Gasteiger partial charge in [0.15, 0.2) is 5.76 Å². The van der Waals surface area contributed by atoms with E-state index in [1.807, 2.05) is 30.3 Å². The lowest BCUT2D eigenvalue weighted by molar-refractivity contribution is -0.141. The first kappa shape index (κ1) is 25.2. The Hall–Kier alpha value is -3.94. The van der Waals surface area contributed by atoms with Gasteiger partial charge < -0.3 is 19.7 Å². The van der Waals surface area contributed by atoms with Crippen molar-refractivity contribution < 1.29 is 28.7 Å². The molecule has 188 valence electrons. The van der Waals surface area contributed by atoms with Gasteiger partial charge in [-0.15, -0.1) is 0 Å². The molecule has 2 aromatic carbocycles. The molecule has 0 unspecified atom stereocenters. The number of nitrogens with one attached hydrogen (secondary N) is 1. The number of carbonyl (C=O) groups excluding carboxylic acids is 4. The van der Waals surface area contributed by atoms with E-state index in [0.29, 0.717) is 11.3 Å². The van der Waals surface area contributed by atoms with E-state index in [4.69, 9.17) is 9.47 Å². The smallest absolute Gasteiger partial charge is 0.410 e. The average Bonchev–Trinajstić information content (AvgIpc) is 3.09. The van der Waals surface area contributed by atoms with Gasteiger partial charge in [0, 0.05) is 25.7 Å². The molecule has 8 heteroatoms. The van der Waals surface area contributed by atoms with Crippen LogP contribution in [0.3, 0.4) is 0 Å². The molecule has 2 aliphatic rings. The molecule has 1 aliphatic carbocycles. The molecule has 1 heterocycles. The van der Waals surface area contributed by atoms with E-state index in [-0.39, 0.29) is 31.2 Å². The van der Waals surface area contributed by atoms with Gasteiger partial charge in [-0.25, -0.2) is 4.79 Å². The summed E-state index contributed by atoms with van der Waals surface area (Å²) in [5.74, 6) is -2.49. The van der Waals surface area contributed by atoms with Crippen LogP contribution in [0.25, 0.3) is 0 Å². The van der Waals surface area contributed by atoms with Gasteiger partial charge in [-0.2, -0.15) is 0 Å². The van der Waals surface area contributed by atoms with Gasteiger partial charge >= 0.3 is 12.1 Å². The summed E-state index contributed by atoms with van der Waals surface area (Å²) in [7, 11) is 0. The second-order valence-electron chi connectivity index (χ2n) is 10.1. The Bertz CT molecular complexity index is 1230. The number of benzene rings is 2. The highest BCUT2D eigenvalue weighted by Gasteiger charge is 2.58. The number of fused-ring (bicyclic) bond motifs is 3. The Balaban J connectivity index is 1.72. The van der Waals surface area contributed by atoms with Gasteiger partial charge in [-0.05, 0) is 50.5 Å². The minimum Gasteiger partial charge on any atom is -0.444 e. The monoisotopic (exact) mass is 490 g/mol. The Labute approximate surface area is 210 Å². The Morgan fingerprint density at radius 1 is 1.03 bits per heavy atom. The molecule has 8 nitrogen and oxygen atoms in total. The standard InChI is InChI=1S/C28H30N2O6/c1-18(31)35-23-16-21-25(33)29-22-13-9-8-12-20(22)28(21,24(23)32)14-15-30(26(34)36-27(2,3)4)17-19-10-6-5-7-11-19/h5-13,16,21H,14-15,17H2,1-4H3,(H,29,33)/t21-,28+/m1/s1. The van der Waals surface area contributed by atoms with Crippen molar-refractivity contribution in [3.63, 3.8) is 0 Å². The molecule has 4 rings (SSSR count). The van der Waals surface area contributed by atoms with Gasteiger partial charge in [-0.1, -0.05) is 48.5 Å². The molecule has 0 aromatic heterocycles. The largest absolute Gasteiger partial charge is 0.444 e. The van der Waals surface area contributed by atoms with Crippen molar-refractivity contribution in [2.45, 2.75) is 51.7 Å². The van der Waals surface area contributed by atoms with Crippen LogP contribution in [0.4, 0.5) is 10.5 Å². The highest BCUT2D eigenvalue weighted by molar-refractivity contribution is 6.15. The number of para-hydroxylation sites is 1. The highest BCUT2D eigenvalue weighted by atomic mass is 16.6. The van der Waals surface area contributed by atoms with Gasteiger partial charge in [0.25, 0.3) is 0 Å². The number of amides is 2. The van der Waals surface area contributed by atoms with Crippen molar-refractivity contribution >= 4 is 29.4 Å². The predicted molar refractivity (Wildman–Crippen MR) is 133 cm³/mol. The van der Waals surface area contributed by atoms with Crippen molar-refractivity contribution in [3.05, 3.63) is 77.6 Å². The summed E-state index contributed by atoms with van der Waals surface area (Å²) in [4.78, 5) is 53.4. The lowest BCUT2D eigenvalue weighted by Gasteiger charge is -2.40. The molecule has 1 N–H and O–H groups in total. The van der Waals surface area contributed by atoms with Crippen LogP contribution in [0.2, 0.25) is 0 Å². The minimum absolute atomic E-state index is 0.133. The van der Waals surface area contributed by atoms with E-state index in [1.165, 1.54) is 13.0 Å². The first-order valence-corrected chi connectivity index (χ1v) is 11.9. The maximum absolute atomic E-state index is 13.8. The number of allylic oxidation sites excluding steroid dienone is 1. The number of hydrogen-bond donors (Lipinski definition) is 1. The number of hydrogen-bond acceptors (Lipinski definition) is 6. The van der Waals surface area contributed by atoms with E-state index < -0.39 is 34.8 Å². The average molecular weight is 491 g/mol. The molecule has 1 aliphatic heterocycles. The molecule has 2 atom stereocenters. The number of anilines is 1. The van der Waals surface area contributed by atoms with Gasteiger partial charge in [0.2, 0.25) is 11.7 Å². The van der Waals surface area contributed by atoms with Crippen molar-refractivity contribution in [2.24, 2.45) is 5.92 Å². The Morgan fingerprint density at radius 3 is 2.36 bits per heavy atom. The van der Waals surface area contributed by atoms with Crippen LogP contribution >= 0.6 is 0 Å². The highest BCUT2D eigenvalue weighted by Crippen LogP contribution is 2.50. The van der Waals surface area contributed by atoms with Crippen molar-refractivity contribution in [1.82, 2.24) is 4.90 Å². The number of nitrogens with zero attached hydrogens (tertiary/aromatic N) is 1. The molecule has 0 bridgehead atoms. The summed E-state index contributed by atoms with van der Waals surface area (Å²) >= 11 is 0. The second kappa shape index (κ2) is 9.60. The zero-order valence-electron chi connectivity index (χ0n) is 20.9. The number of carbonyl (C=O) groups is 4. The third-order valence-corrected chi connectivity index (χ3v) is 6.32. The SMILES string of the molecule is CC(=O)OC1=C[C@@H]2C(=O)Nc3ccccc3[C@]2(CCN(Cc2ccccc2)C(=O)OC(C)(C)C)C1=O. The molecule has 36 heavy (non-hydrogen) atoms. The third kappa shape index (κ3) is 4.89. The van der Waals surface area contributed by atoms with Crippen LogP contribution in [-0.2, 0) is 35.8 Å². The van der Waals surface area contributed by atoms with Gasteiger partial charge in [0.05, 0.1) is 11.3 Å². The predicted octanol–water partition coefficient (Wildman–Crippen LogP) is 4.35. The van der Waals surface area contributed by atoms with Crippen LogP contribution in [0.5, 0.6) is 0 Å². The first-order valence-electron chi connectivity index (χ1n) is 11.9. The van der Waals surface area contributed by atoms with Crippen LogP contribution in [-0.4, -0.2) is 40.8 Å². The fourth-order valence-electron chi connectivity index (χ4n) is 4.83. The zero-order chi connectivity index (χ0) is 26.1. The summed E-state index contributed by atoms with van der Waals surface area (Å²) in [6.45, 7) is 6.98. The number of ether oxygens (including phenoxy) is 2. The number of ketones is 1. The van der Waals surface area contributed by atoms with Gasteiger partial charge in [-0.3, -0.25) is 14.4 Å². The quantitative estimate of drug-likeness (QED) is 0.604. The summed E-state index contributed by atoms with van der Waals surface area (Å²) in [6.07, 6.45) is 1.03. The summed E-state index contributed by atoms with van der Waals surface area (Å²) in [6, 6.07) is 16.6. The molecule has 2 amide bonds. The number of rotatable bonds is 6. The lowest BCUT2D eigenvalue weighted by atomic mass is 9.65. The molecule has 0 radical (unpaired) electrons.